The van der Waals surface area contributed by atoms with E-state index in [9.17, 15) is 0 Å². The molecule has 274 valence electrons. The lowest BCUT2D eigenvalue weighted by Gasteiger charge is -2.16. The van der Waals surface area contributed by atoms with Gasteiger partial charge in [-0.2, -0.15) is 0 Å². The first-order valence-corrected chi connectivity index (χ1v) is 20.6. The summed E-state index contributed by atoms with van der Waals surface area (Å²) in [6.45, 7) is 0. The summed E-state index contributed by atoms with van der Waals surface area (Å²) >= 11 is 1.80. The molecule has 0 saturated carbocycles. The van der Waals surface area contributed by atoms with Gasteiger partial charge in [-0.15, -0.1) is 11.3 Å². The van der Waals surface area contributed by atoms with E-state index in [2.05, 4.69) is 162 Å². The van der Waals surface area contributed by atoms with Crippen LogP contribution in [0.1, 0.15) is 0 Å². The van der Waals surface area contributed by atoms with Crippen LogP contribution in [0.4, 0.5) is 0 Å². The van der Waals surface area contributed by atoms with E-state index in [0.717, 1.165) is 66.1 Å². The highest BCUT2D eigenvalue weighted by Gasteiger charge is 2.24. The second-order valence-electron chi connectivity index (χ2n) is 15.2. The minimum atomic E-state index is 0.598. The molecule has 13 aromatic rings. The van der Waals surface area contributed by atoms with Gasteiger partial charge in [0.1, 0.15) is 11.2 Å². The molecule has 0 fully saturated rings. The number of rotatable bonds is 4. The maximum absolute atomic E-state index is 6.25. The average molecular weight is 771 g/mol. The van der Waals surface area contributed by atoms with Gasteiger partial charge in [0.2, 0.25) is 0 Å². The van der Waals surface area contributed by atoms with Gasteiger partial charge in [-0.3, -0.25) is 0 Å². The lowest BCUT2D eigenvalue weighted by Crippen LogP contribution is -2.04. The van der Waals surface area contributed by atoms with Crippen LogP contribution in [-0.2, 0) is 0 Å². The first-order chi connectivity index (χ1) is 29.2. The van der Waals surface area contributed by atoms with Crippen LogP contribution in [0.25, 0.3) is 125 Å². The second-order valence-corrected chi connectivity index (χ2v) is 16.3. The molecule has 0 bridgehead atoms. The predicted octanol–water partition coefficient (Wildman–Crippen LogP) is 14.5. The molecule has 6 heteroatoms. The molecule has 0 atom stereocenters. The van der Waals surface area contributed by atoms with Crippen molar-refractivity contribution >= 4 is 96.8 Å². The van der Waals surface area contributed by atoms with E-state index in [-0.39, 0.29) is 0 Å². The molecule has 0 amide bonds. The third kappa shape index (κ3) is 4.94. The lowest BCUT2D eigenvalue weighted by molar-refractivity contribution is 0.669. The van der Waals surface area contributed by atoms with E-state index in [4.69, 9.17) is 19.4 Å². The maximum atomic E-state index is 6.25. The van der Waals surface area contributed by atoms with E-state index in [0.29, 0.717) is 17.5 Å². The summed E-state index contributed by atoms with van der Waals surface area (Å²) in [5, 5.41) is 11.5. The zero-order valence-corrected chi connectivity index (χ0v) is 32.2. The van der Waals surface area contributed by atoms with E-state index < -0.39 is 0 Å². The van der Waals surface area contributed by atoms with Crippen molar-refractivity contribution in [1.29, 1.82) is 0 Å². The van der Waals surface area contributed by atoms with E-state index in [1.165, 1.54) is 41.7 Å². The van der Waals surface area contributed by atoms with Crippen molar-refractivity contribution in [3.05, 3.63) is 182 Å². The van der Waals surface area contributed by atoms with Crippen molar-refractivity contribution in [2.24, 2.45) is 0 Å². The Hall–Kier alpha value is -7.67. The van der Waals surface area contributed by atoms with Crippen LogP contribution < -0.4 is 0 Å². The van der Waals surface area contributed by atoms with Gasteiger partial charge in [-0.1, -0.05) is 115 Å². The Labute approximate surface area is 341 Å². The van der Waals surface area contributed by atoms with Crippen LogP contribution in [0.2, 0.25) is 0 Å². The number of benzene rings is 9. The molecular formula is C53H30N4OS. The number of hydrogen-bond donors (Lipinski definition) is 0. The largest absolute Gasteiger partial charge is 0.456 e. The molecule has 0 aliphatic heterocycles. The van der Waals surface area contributed by atoms with Crippen molar-refractivity contribution in [3.63, 3.8) is 0 Å². The number of aromatic nitrogens is 4. The Morgan fingerprint density at radius 1 is 0.390 bits per heavy atom. The van der Waals surface area contributed by atoms with Gasteiger partial charge in [0.05, 0.1) is 22.3 Å². The number of thiophene rings is 1. The Morgan fingerprint density at radius 3 is 1.86 bits per heavy atom. The molecule has 0 N–H and O–H groups in total. The minimum Gasteiger partial charge on any atom is -0.456 e. The van der Waals surface area contributed by atoms with Crippen LogP contribution in [-0.4, -0.2) is 19.5 Å². The highest BCUT2D eigenvalue weighted by atomic mass is 32.1. The average Bonchev–Trinajstić information content (AvgIpc) is 3.96. The van der Waals surface area contributed by atoms with Crippen molar-refractivity contribution in [1.82, 2.24) is 19.5 Å². The van der Waals surface area contributed by atoms with Crippen molar-refractivity contribution in [3.8, 4) is 39.9 Å². The molecule has 59 heavy (non-hydrogen) atoms. The van der Waals surface area contributed by atoms with Crippen molar-refractivity contribution in [2.45, 2.75) is 0 Å². The SMILES string of the molecule is c1ccc2cc(-c3nc(-c4ccc5oc6ccccc6c5c4)nc(-c4c(-n5c6ccccc6c6cc7ccccc7cc65)ccc5sc6ccccc6c45)n3)ccc2c1. The maximum Gasteiger partial charge on any atom is 0.166 e. The molecular weight excluding hydrogens is 741 g/mol. The second kappa shape index (κ2) is 12.4. The Balaban J connectivity index is 1.16. The Morgan fingerprint density at radius 2 is 1.02 bits per heavy atom. The molecule has 4 heterocycles. The number of nitrogens with zero attached hydrogens (tertiary/aromatic N) is 4. The quantitative estimate of drug-likeness (QED) is 0.179. The number of furan rings is 1. The summed E-state index contributed by atoms with van der Waals surface area (Å²) in [5.41, 5.74) is 7.74. The van der Waals surface area contributed by atoms with E-state index in [1.54, 1.807) is 11.3 Å². The molecule has 9 aromatic carbocycles. The predicted molar refractivity (Wildman–Crippen MR) is 246 cm³/mol. The van der Waals surface area contributed by atoms with E-state index in [1.807, 2.05) is 24.3 Å². The highest BCUT2D eigenvalue weighted by Crippen LogP contribution is 2.45. The molecule has 0 spiro atoms. The van der Waals surface area contributed by atoms with Gasteiger partial charge in [-0.05, 0) is 88.3 Å². The zero-order chi connectivity index (χ0) is 38.6. The highest BCUT2D eigenvalue weighted by molar-refractivity contribution is 7.26. The van der Waals surface area contributed by atoms with Crippen LogP contribution in [0.15, 0.2) is 186 Å². The Bertz CT molecular complexity index is 3870. The lowest BCUT2D eigenvalue weighted by atomic mass is 10.0. The molecule has 5 nitrogen and oxygen atoms in total. The van der Waals surface area contributed by atoms with Crippen LogP contribution >= 0.6 is 11.3 Å². The smallest absolute Gasteiger partial charge is 0.166 e. The third-order valence-corrected chi connectivity index (χ3v) is 12.9. The van der Waals surface area contributed by atoms with Crippen LogP contribution in [0.5, 0.6) is 0 Å². The summed E-state index contributed by atoms with van der Waals surface area (Å²) in [5.74, 6) is 1.83. The molecule has 0 aliphatic carbocycles. The monoisotopic (exact) mass is 770 g/mol. The van der Waals surface area contributed by atoms with Crippen LogP contribution in [0, 0.1) is 0 Å². The molecule has 13 rings (SSSR count). The van der Waals surface area contributed by atoms with Gasteiger partial charge in [0.15, 0.2) is 17.5 Å². The molecule has 0 aliphatic rings. The zero-order valence-electron chi connectivity index (χ0n) is 31.4. The fraction of sp³-hybridized carbons (Fsp3) is 0. The number of para-hydroxylation sites is 2. The summed E-state index contributed by atoms with van der Waals surface area (Å²) < 4.78 is 11.1. The summed E-state index contributed by atoms with van der Waals surface area (Å²) in [6, 6.07) is 64.5. The van der Waals surface area contributed by atoms with E-state index >= 15 is 0 Å². The topological polar surface area (TPSA) is 56.7 Å². The minimum absolute atomic E-state index is 0.598. The number of fused-ring (bicyclic) bond motifs is 11. The fourth-order valence-electron chi connectivity index (χ4n) is 9.07. The molecule has 4 aromatic heterocycles. The molecule has 0 unspecified atom stereocenters. The Kier molecular flexibility index (Phi) is 6.82. The van der Waals surface area contributed by atoms with Gasteiger partial charge < -0.3 is 8.98 Å². The summed E-state index contributed by atoms with van der Waals surface area (Å²) in [4.78, 5) is 16.2. The standard InChI is InChI=1S/C53H30N4OS/c1-2-12-32-27-35(22-21-31(32)11-1)51-54-52(36-23-25-46-41(29-36)38-16-6-9-19-45(38)58-46)56-53(55-51)50-43(24-26-48-49(50)39-17-7-10-20-47(39)59-48)57-42-18-8-5-15-37(42)40-28-33-13-3-4-14-34(33)30-44(40)57/h1-30H. The number of hydrogen-bond acceptors (Lipinski definition) is 5. The van der Waals surface area contributed by atoms with Crippen LogP contribution in [0.3, 0.4) is 0 Å². The van der Waals surface area contributed by atoms with Crippen molar-refractivity contribution < 1.29 is 4.42 Å². The van der Waals surface area contributed by atoms with Gasteiger partial charge >= 0.3 is 0 Å². The normalized spacial score (nSPS) is 12.1. The molecule has 0 saturated heterocycles. The van der Waals surface area contributed by atoms with Gasteiger partial charge in [0, 0.05) is 52.8 Å². The van der Waals surface area contributed by atoms with Gasteiger partial charge in [0.25, 0.3) is 0 Å². The first kappa shape index (κ1) is 32.4. The molecule has 0 radical (unpaired) electrons. The van der Waals surface area contributed by atoms with Gasteiger partial charge in [-0.25, -0.2) is 15.0 Å². The summed E-state index contributed by atoms with van der Waals surface area (Å²) in [6.07, 6.45) is 0. The summed E-state index contributed by atoms with van der Waals surface area (Å²) in [7, 11) is 0. The first-order valence-electron chi connectivity index (χ1n) is 19.8. The fourth-order valence-corrected chi connectivity index (χ4v) is 10.2. The van der Waals surface area contributed by atoms with Crippen molar-refractivity contribution in [2.75, 3.05) is 0 Å². The third-order valence-electron chi connectivity index (χ3n) is 11.8.